The van der Waals surface area contributed by atoms with Gasteiger partial charge in [-0.1, -0.05) is 12.1 Å². The Morgan fingerprint density at radius 2 is 2.15 bits per heavy atom. The van der Waals surface area contributed by atoms with E-state index in [0.29, 0.717) is 12.0 Å². The third-order valence-electron chi connectivity index (χ3n) is 4.12. The van der Waals surface area contributed by atoms with Gasteiger partial charge in [0.25, 0.3) is 5.69 Å². The van der Waals surface area contributed by atoms with Crippen LogP contribution in [0.25, 0.3) is 6.08 Å². The Morgan fingerprint density at radius 3 is 2.74 bits per heavy atom. The summed E-state index contributed by atoms with van der Waals surface area (Å²) in [6.07, 6.45) is 3.07. The second kappa shape index (κ2) is 8.76. The molecule has 2 rings (SSSR count). The first-order valence-corrected chi connectivity index (χ1v) is 10.2. The van der Waals surface area contributed by atoms with Crippen molar-refractivity contribution in [3.63, 3.8) is 0 Å². The fraction of sp³-hybridized carbons (Fsp3) is 0.412. The maximum atomic E-state index is 12.3. The van der Waals surface area contributed by atoms with E-state index < -0.39 is 32.6 Å². The topological polar surface area (TPSA) is 127 Å². The molecule has 2 amide bonds. The molecule has 0 spiro atoms. The lowest BCUT2D eigenvalue weighted by atomic mass is 10.2. The number of rotatable bonds is 7. The Kier molecular flexibility index (Phi) is 6.67. The third-order valence-corrected chi connectivity index (χ3v) is 5.89. The summed E-state index contributed by atoms with van der Waals surface area (Å²) in [5, 5.41) is 13.4. The van der Waals surface area contributed by atoms with Crippen molar-refractivity contribution in [2.45, 2.75) is 19.4 Å². The minimum absolute atomic E-state index is 0.0559. The van der Waals surface area contributed by atoms with Crippen LogP contribution in [0.1, 0.15) is 18.9 Å². The van der Waals surface area contributed by atoms with Crippen molar-refractivity contribution in [2.24, 2.45) is 0 Å². The average Bonchev–Trinajstić information content (AvgIpc) is 2.96. The summed E-state index contributed by atoms with van der Waals surface area (Å²) in [5.41, 5.74) is 0.414. The zero-order chi connectivity index (χ0) is 20.0. The molecule has 1 aliphatic heterocycles. The fourth-order valence-corrected chi connectivity index (χ4v) is 4.39. The van der Waals surface area contributed by atoms with Gasteiger partial charge in [-0.25, -0.2) is 8.42 Å². The van der Waals surface area contributed by atoms with E-state index in [1.807, 2.05) is 0 Å². The molecule has 1 N–H and O–H groups in total. The fourth-order valence-electron chi connectivity index (χ4n) is 2.72. The van der Waals surface area contributed by atoms with Crippen LogP contribution < -0.4 is 5.32 Å². The highest BCUT2D eigenvalue weighted by atomic mass is 32.2. The number of nitrogens with one attached hydrogen (secondary N) is 1. The van der Waals surface area contributed by atoms with Gasteiger partial charge in [-0.05, 0) is 25.0 Å². The van der Waals surface area contributed by atoms with Gasteiger partial charge in [-0.2, -0.15) is 0 Å². The summed E-state index contributed by atoms with van der Waals surface area (Å²) >= 11 is 0. The number of nitro groups is 1. The van der Waals surface area contributed by atoms with Crippen molar-refractivity contribution in [1.29, 1.82) is 0 Å². The number of nitrogens with zero attached hydrogens (tertiary/aromatic N) is 2. The Balaban J connectivity index is 1.94. The summed E-state index contributed by atoms with van der Waals surface area (Å²) in [5.74, 6) is -0.861. The van der Waals surface area contributed by atoms with Gasteiger partial charge in [0.05, 0.1) is 23.0 Å². The number of carbonyl (C=O) groups is 2. The van der Waals surface area contributed by atoms with Gasteiger partial charge in [0.15, 0.2) is 9.84 Å². The predicted octanol–water partition coefficient (Wildman–Crippen LogP) is 0.760. The monoisotopic (exact) mass is 395 g/mol. The first-order chi connectivity index (χ1) is 12.7. The lowest BCUT2D eigenvalue weighted by molar-refractivity contribution is -0.384. The molecule has 1 aromatic carbocycles. The molecule has 0 aromatic heterocycles. The lowest BCUT2D eigenvalue weighted by Gasteiger charge is -2.20. The summed E-state index contributed by atoms with van der Waals surface area (Å²) in [7, 11) is -3.09. The van der Waals surface area contributed by atoms with Crippen molar-refractivity contribution in [3.8, 4) is 0 Å². The Hall–Kier alpha value is -2.75. The summed E-state index contributed by atoms with van der Waals surface area (Å²) in [6, 6.07) is 5.42. The Morgan fingerprint density at radius 1 is 1.41 bits per heavy atom. The molecule has 1 saturated heterocycles. The molecule has 0 bridgehead atoms. The van der Waals surface area contributed by atoms with Crippen molar-refractivity contribution >= 4 is 33.4 Å². The lowest BCUT2D eigenvalue weighted by Crippen LogP contribution is -2.44. The molecule has 10 heteroatoms. The van der Waals surface area contributed by atoms with Crippen LogP contribution in [0, 0.1) is 10.1 Å². The van der Waals surface area contributed by atoms with E-state index in [1.165, 1.54) is 35.3 Å². The first-order valence-electron chi connectivity index (χ1n) is 8.41. The minimum atomic E-state index is -3.09. The molecule has 1 heterocycles. The summed E-state index contributed by atoms with van der Waals surface area (Å²) in [6.45, 7) is 1.81. The van der Waals surface area contributed by atoms with E-state index in [0.717, 1.165) is 0 Å². The summed E-state index contributed by atoms with van der Waals surface area (Å²) in [4.78, 5) is 35.9. The molecule has 1 fully saturated rings. The zero-order valence-corrected chi connectivity index (χ0v) is 15.6. The molecule has 9 nitrogen and oxygen atoms in total. The number of hydrogen-bond donors (Lipinski definition) is 1. The van der Waals surface area contributed by atoms with Gasteiger partial charge >= 0.3 is 0 Å². The largest absolute Gasteiger partial charge is 0.351 e. The molecular weight excluding hydrogens is 374 g/mol. The van der Waals surface area contributed by atoms with Gasteiger partial charge in [0.2, 0.25) is 11.8 Å². The average molecular weight is 395 g/mol. The molecule has 0 radical (unpaired) electrons. The predicted molar refractivity (Wildman–Crippen MR) is 99.6 cm³/mol. The normalized spacial score (nSPS) is 18.3. The van der Waals surface area contributed by atoms with Crippen molar-refractivity contribution in [2.75, 3.05) is 24.6 Å². The highest BCUT2D eigenvalue weighted by molar-refractivity contribution is 7.91. The van der Waals surface area contributed by atoms with E-state index in [2.05, 4.69) is 5.32 Å². The van der Waals surface area contributed by atoms with Crippen LogP contribution in [0.15, 0.2) is 30.3 Å². The van der Waals surface area contributed by atoms with E-state index in [9.17, 15) is 28.1 Å². The summed E-state index contributed by atoms with van der Waals surface area (Å²) < 4.78 is 22.9. The highest BCUT2D eigenvalue weighted by Crippen LogP contribution is 2.14. The van der Waals surface area contributed by atoms with Crippen LogP contribution in [0.2, 0.25) is 0 Å². The second-order valence-corrected chi connectivity index (χ2v) is 8.43. The molecule has 0 saturated carbocycles. The van der Waals surface area contributed by atoms with Crippen LogP contribution in [0.4, 0.5) is 5.69 Å². The molecule has 1 unspecified atom stereocenters. The standard InChI is InChI=1S/C17H21N3O6S/c1-2-19(11-16(21)18-14-8-9-27(25,26)12-14)17(22)7-6-13-4-3-5-15(10-13)20(23)24/h3-7,10,14H,2,8-9,11-12H2,1H3,(H,18,21). The number of carbonyl (C=O) groups excluding carboxylic acids is 2. The van der Waals surface area contributed by atoms with Crippen LogP contribution in [0.3, 0.4) is 0 Å². The van der Waals surface area contributed by atoms with Gasteiger partial charge in [0, 0.05) is 30.8 Å². The minimum Gasteiger partial charge on any atom is -0.351 e. The number of sulfone groups is 1. The number of non-ortho nitro benzene ring substituents is 1. The van der Waals surface area contributed by atoms with Gasteiger partial charge in [-0.3, -0.25) is 19.7 Å². The first kappa shape index (κ1) is 20.6. The highest BCUT2D eigenvalue weighted by Gasteiger charge is 2.29. The zero-order valence-electron chi connectivity index (χ0n) is 14.8. The Labute approximate surface area is 157 Å². The number of likely N-dealkylation sites (N-methyl/N-ethyl adjacent to an activating group) is 1. The van der Waals surface area contributed by atoms with E-state index >= 15 is 0 Å². The van der Waals surface area contributed by atoms with Crippen LogP contribution >= 0.6 is 0 Å². The van der Waals surface area contributed by atoms with Crippen molar-refractivity contribution in [1.82, 2.24) is 10.2 Å². The molecule has 1 atom stereocenters. The smallest absolute Gasteiger partial charge is 0.270 e. The van der Waals surface area contributed by atoms with Gasteiger partial charge in [0.1, 0.15) is 0 Å². The Bertz CT molecular complexity index is 865. The number of benzene rings is 1. The molecule has 0 aliphatic carbocycles. The SMILES string of the molecule is CCN(CC(=O)NC1CCS(=O)(=O)C1)C(=O)C=Cc1cccc([N+](=O)[O-])c1. The third kappa shape index (κ3) is 6.17. The van der Waals surface area contributed by atoms with Gasteiger partial charge in [-0.15, -0.1) is 0 Å². The molecule has 1 aromatic rings. The molecule has 146 valence electrons. The molecular formula is C17H21N3O6S. The second-order valence-electron chi connectivity index (χ2n) is 6.21. The van der Waals surface area contributed by atoms with E-state index in [4.69, 9.17) is 0 Å². The van der Waals surface area contributed by atoms with Crippen molar-refractivity contribution in [3.05, 3.63) is 46.0 Å². The van der Waals surface area contributed by atoms with E-state index in [1.54, 1.807) is 13.0 Å². The maximum absolute atomic E-state index is 12.3. The molecule has 27 heavy (non-hydrogen) atoms. The molecule has 1 aliphatic rings. The van der Waals surface area contributed by atoms with Crippen LogP contribution in [-0.2, 0) is 19.4 Å². The van der Waals surface area contributed by atoms with E-state index in [-0.39, 0.29) is 30.3 Å². The number of nitro benzene ring substituents is 1. The quantitative estimate of drug-likeness (QED) is 0.413. The van der Waals surface area contributed by atoms with Crippen LogP contribution in [0.5, 0.6) is 0 Å². The number of amides is 2. The van der Waals surface area contributed by atoms with Crippen LogP contribution in [-0.4, -0.2) is 60.7 Å². The van der Waals surface area contributed by atoms with Crippen molar-refractivity contribution < 1.29 is 22.9 Å². The maximum Gasteiger partial charge on any atom is 0.270 e. The van der Waals surface area contributed by atoms with Gasteiger partial charge < -0.3 is 10.2 Å². The number of hydrogen-bond acceptors (Lipinski definition) is 6.